The van der Waals surface area contributed by atoms with Gasteiger partial charge in [0, 0.05) is 23.1 Å². The number of rotatable bonds is 9. The Morgan fingerprint density at radius 1 is 0.895 bits per heavy atom. The van der Waals surface area contributed by atoms with Crippen LogP contribution >= 0.6 is 0 Å². The van der Waals surface area contributed by atoms with E-state index in [-0.39, 0.29) is 6.03 Å². The highest BCUT2D eigenvalue weighted by Crippen LogP contribution is 2.31. The smallest absolute Gasteiger partial charge is 0.332 e. The van der Waals surface area contributed by atoms with Crippen LogP contribution in [0.5, 0.6) is 5.75 Å². The molecule has 0 aliphatic rings. The normalized spacial score (nSPS) is 10.6. The van der Waals surface area contributed by atoms with Gasteiger partial charge >= 0.3 is 6.03 Å². The van der Waals surface area contributed by atoms with Crippen molar-refractivity contribution >= 4 is 40.4 Å². The first kappa shape index (κ1) is 26.5. The van der Waals surface area contributed by atoms with E-state index in [1.54, 1.807) is 37.4 Å². The van der Waals surface area contributed by atoms with E-state index in [0.29, 0.717) is 23.0 Å². The Kier molecular flexibility index (Phi) is 8.43. The van der Waals surface area contributed by atoms with Crippen molar-refractivity contribution < 1.29 is 9.53 Å². The first-order valence-electron chi connectivity index (χ1n) is 12.8. The summed E-state index contributed by atoms with van der Waals surface area (Å²) in [7, 11) is 1.65. The highest BCUT2D eigenvalue weighted by atomic mass is 16.5. The van der Waals surface area contributed by atoms with Crippen molar-refractivity contribution in [3.05, 3.63) is 89.7 Å². The molecule has 1 aromatic heterocycles. The molecule has 0 atom stereocenters. The van der Waals surface area contributed by atoms with E-state index < -0.39 is 0 Å². The molecule has 0 aliphatic heterocycles. The molecule has 4 rings (SSSR count). The fourth-order valence-corrected chi connectivity index (χ4v) is 4.33. The molecular weight excluding hydrogens is 476 g/mol. The molecule has 38 heavy (non-hydrogen) atoms. The van der Waals surface area contributed by atoms with Gasteiger partial charge in [-0.05, 0) is 78.4 Å². The molecular formula is C30H34N6O2. The number of methoxy groups -OCH3 is 1. The average Bonchev–Trinajstić information content (AvgIpc) is 2.94. The van der Waals surface area contributed by atoms with Gasteiger partial charge in [0.1, 0.15) is 23.7 Å². The Hall–Kier alpha value is -4.59. The maximum Gasteiger partial charge on any atom is 0.332 e. The van der Waals surface area contributed by atoms with Gasteiger partial charge in [0.05, 0.1) is 12.8 Å². The van der Waals surface area contributed by atoms with Crippen molar-refractivity contribution in [1.29, 1.82) is 0 Å². The number of carbonyl (C=O) groups excluding carboxylic acids is 1. The summed E-state index contributed by atoms with van der Waals surface area (Å²) in [4.78, 5) is 24.3. The molecule has 1 heterocycles. The van der Waals surface area contributed by atoms with Crippen LogP contribution in [0.3, 0.4) is 0 Å². The third-order valence-corrected chi connectivity index (χ3v) is 6.42. The van der Waals surface area contributed by atoms with Gasteiger partial charge in [-0.25, -0.2) is 19.7 Å². The molecule has 2 amide bonds. The summed E-state index contributed by atoms with van der Waals surface area (Å²) in [5.41, 5.74) is 12.2. The average molecular weight is 511 g/mol. The summed E-state index contributed by atoms with van der Waals surface area (Å²) in [5, 5.41) is 6.52. The zero-order valence-electron chi connectivity index (χ0n) is 22.3. The van der Waals surface area contributed by atoms with Crippen LogP contribution in [0, 0.1) is 0 Å². The predicted molar refractivity (Wildman–Crippen MR) is 155 cm³/mol. The van der Waals surface area contributed by atoms with E-state index in [2.05, 4.69) is 41.4 Å². The molecule has 0 bridgehead atoms. The Bertz CT molecular complexity index is 1380. The summed E-state index contributed by atoms with van der Waals surface area (Å²) in [6, 6.07) is 20.5. The number of urea groups is 1. The number of aryl methyl sites for hydroxylation is 3. The zero-order chi connectivity index (χ0) is 27.1. The van der Waals surface area contributed by atoms with Crippen LogP contribution in [0.4, 0.5) is 39.2 Å². The number of aromatic nitrogens is 2. The molecule has 4 aromatic rings. The molecule has 0 saturated heterocycles. The Balaban J connectivity index is 1.72. The molecule has 3 aromatic carbocycles. The van der Waals surface area contributed by atoms with Gasteiger partial charge in [-0.1, -0.05) is 39.0 Å². The molecule has 0 fully saturated rings. The molecule has 0 radical (unpaired) electrons. The summed E-state index contributed by atoms with van der Waals surface area (Å²) >= 11 is 0. The lowest BCUT2D eigenvalue weighted by Crippen LogP contribution is -2.32. The number of nitrogens with zero attached hydrogens (tertiary/aromatic N) is 3. The molecule has 196 valence electrons. The van der Waals surface area contributed by atoms with Crippen LogP contribution in [-0.4, -0.2) is 23.1 Å². The van der Waals surface area contributed by atoms with E-state index >= 15 is 0 Å². The molecule has 8 nitrogen and oxygen atoms in total. The lowest BCUT2D eigenvalue weighted by atomic mass is 10.0. The van der Waals surface area contributed by atoms with Crippen molar-refractivity contribution in [1.82, 2.24) is 9.97 Å². The number of nitrogen functional groups attached to an aromatic ring is 1. The lowest BCUT2D eigenvalue weighted by molar-refractivity contribution is 0.259. The molecule has 0 saturated carbocycles. The molecule has 0 aliphatic carbocycles. The molecule has 4 N–H and O–H groups in total. The SMILES string of the molecule is CCc1cc(OC)ccc1Nc1cc(N(C(=O)Nc2c(CC)cccc2CC)c2ccc(N)cc2)ncn1. The fourth-order valence-electron chi connectivity index (χ4n) is 4.33. The van der Waals surface area contributed by atoms with Crippen LogP contribution in [-0.2, 0) is 19.3 Å². The van der Waals surface area contributed by atoms with Crippen molar-refractivity contribution in [2.75, 3.05) is 28.4 Å². The number of nitrogens with two attached hydrogens (primary N) is 1. The number of nitrogens with one attached hydrogen (secondary N) is 2. The largest absolute Gasteiger partial charge is 0.497 e. The van der Waals surface area contributed by atoms with Gasteiger partial charge in [0.2, 0.25) is 0 Å². The summed E-state index contributed by atoms with van der Waals surface area (Å²) in [5.74, 6) is 1.77. The Morgan fingerprint density at radius 2 is 1.58 bits per heavy atom. The Morgan fingerprint density at radius 3 is 2.21 bits per heavy atom. The van der Waals surface area contributed by atoms with Crippen LogP contribution in [0.1, 0.15) is 37.5 Å². The predicted octanol–water partition coefficient (Wildman–Crippen LogP) is 6.87. The minimum atomic E-state index is -0.325. The maximum atomic E-state index is 13.9. The van der Waals surface area contributed by atoms with E-state index in [4.69, 9.17) is 10.5 Å². The minimum absolute atomic E-state index is 0.325. The first-order valence-corrected chi connectivity index (χ1v) is 12.8. The first-order chi connectivity index (χ1) is 18.5. The fraction of sp³-hybridized carbons (Fsp3) is 0.233. The van der Waals surface area contributed by atoms with Crippen molar-refractivity contribution in [2.24, 2.45) is 0 Å². The third-order valence-electron chi connectivity index (χ3n) is 6.42. The minimum Gasteiger partial charge on any atom is -0.497 e. The topological polar surface area (TPSA) is 105 Å². The second-order valence-corrected chi connectivity index (χ2v) is 8.78. The Labute approximate surface area is 223 Å². The standard InChI is InChI=1S/C30H34N6O2/c1-5-20-9-8-10-21(6-2)29(20)35-30(37)36(24-13-11-23(31)12-14-24)28-18-27(32-19-33-28)34-26-16-15-25(38-4)17-22(26)7-3/h8-19H,5-7,31H2,1-4H3,(H,35,37)(H,32,33,34). The van der Waals surface area contributed by atoms with E-state index in [1.807, 2.05) is 36.4 Å². The third kappa shape index (κ3) is 5.86. The molecule has 8 heteroatoms. The van der Waals surface area contributed by atoms with Gasteiger partial charge in [0.25, 0.3) is 0 Å². The number of ether oxygens (including phenoxy) is 1. The second kappa shape index (κ2) is 12.1. The lowest BCUT2D eigenvalue weighted by Gasteiger charge is -2.24. The zero-order valence-corrected chi connectivity index (χ0v) is 22.3. The number of amides is 2. The van der Waals surface area contributed by atoms with E-state index in [1.165, 1.54) is 11.2 Å². The van der Waals surface area contributed by atoms with Gasteiger partial charge in [-0.15, -0.1) is 0 Å². The van der Waals surface area contributed by atoms with Crippen molar-refractivity contribution in [3.63, 3.8) is 0 Å². The molecule has 0 spiro atoms. The second-order valence-electron chi connectivity index (χ2n) is 8.78. The van der Waals surface area contributed by atoms with Crippen LogP contribution in [0.15, 0.2) is 73.1 Å². The maximum absolute atomic E-state index is 13.9. The van der Waals surface area contributed by atoms with E-state index in [0.717, 1.165) is 53.1 Å². The van der Waals surface area contributed by atoms with Gasteiger partial charge in [-0.3, -0.25) is 0 Å². The number of hydrogen-bond acceptors (Lipinski definition) is 6. The van der Waals surface area contributed by atoms with Gasteiger partial charge in [-0.2, -0.15) is 0 Å². The summed E-state index contributed by atoms with van der Waals surface area (Å²) in [6.45, 7) is 6.24. The highest BCUT2D eigenvalue weighted by Gasteiger charge is 2.22. The number of para-hydroxylation sites is 1. The monoisotopic (exact) mass is 510 g/mol. The summed E-state index contributed by atoms with van der Waals surface area (Å²) < 4.78 is 5.36. The van der Waals surface area contributed by atoms with Crippen LogP contribution in [0.2, 0.25) is 0 Å². The highest BCUT2D eigenvalue weighted by molar-refractivity contribution is 6.07. The van der Waals surface area contributed by atoms with Crippen LogP contribution < -0.4 is 26.0 Å². The number of benzene rings is 3. The van der Waals surface area contributed by atoms with Gasteiger partial charge < -0.3 is 21.1 Å². The van der Waals surface area contributed by atoms with Gasteiger partial charge in [0.15, 0.2) is 0 Å². The summed E-state index contributed by atoms with van der Waals surface area (Å²) in [6.07, 6.45) is 3.86. The van der Waals surface area contributed by atoms with E-state index in [9.17, 15) is 4.79 Å². The number of anilines is 6. The van der Waals surface area contributed by atoms with Crippen LogP contribution in [0.25, 0.3) is 0 Å². The van der Waals surface area contributed by atoms with Crippen molar-refractivity contribution in [2.45, 2.75) is 40.0 Å². The van der Waals surface area contributed by atoms with Crippen molar-refractivity contribution in [3.8, 4) is 5.75 Å². The quantitative estimate of drug-likeness (QED) is 0.212. The number of hydrogen-bond donors (Lipinski definition) is 3. The molecule has 0 unspecified atom stereocenters. The number of carbonyl (C=O) groups is 1.